The van der Waals surface area contributed by atoms with E-state index in [4.69, 9.17) is 4.74 Å². The predicted octanol–water partition coefficient (Wildman–Crippen LogP) is 1.80. The molecule has 0 aromatic carbocycles. The number of hydrogen-bond donors (Lipinski definition) is 3. The molecular weight excluding hydrogens is 256 g/mol. The van der Waals surface area contributed by atoms with Crippen LogP contribution in [0.1, 0.15) is 51.4 Å². The van der Waals surface area contributed by atoms with Gasteiger partial charge in [-0.2, -0.15) is 0 Å². The van der Waals surface area contributed by atoms with Crippen molar-refractivity contribution in [1.29, 1.82) is 0 Å². The van der Waals surface area contributed by atoms with E-state index in [2.05, 4.69) is 10.6 Å². The van der Waals surface area contributed by atoms with E-state index in [9.17, 15) is 9.90 Å². The van der Waals surface area contributed by atoms with Crippen LogP contribution < -0.4 is 10.6 Å². The number of hydrogen-bond acceptors (Lipinski definition) is 3. The number of carbonyl (C=O) groups excluding carboxylic acids is 1. The van der Waals surface area contributed by atoms with E-state index in [-0.39, 0.29) is 6.03 Å². The number of nitrogens with one attached hydrogen (secondary N) is 2. The summed E-state index contributed by atoms with van der Waals surface area (Å²) in [5, 5.41) is 15.8. The van der Waals surface area contributed by atoms with Crippen LogP contribution >= 0.6 is 0 Å². The van der Waals surface area contributed by atoms with Crippen LogP contribution in [0.25, 0.3) is 0 Å². The van der Waals surface area contributed by atoms with Crippen molar-refractivity contribution in [2.45, 2.75) is 57.0 Å². The maximum absolute atomic E-state index is 11.6. The van der Waals surface area contributed by atoms with Crippen LogP contribution in [-0.2, 0) is 4.74 Å². The van der Waals surface area contributed by atoms with Crippen molar-refractivity contribution in [2.75, 3.05) is 26.3 Å². The Morgan fingerprint density at radius 2 is 1.95 bits per heavy atom. The summed E-state index contributed by atoms with van der Waals surface area (Å²) >= 11 is 0. The third-order valence-corrected chi connectivity index (χ3v) is 4.16. The number of aliphatic hydroxyl groups is 1. The van der Waals surface area contributed by atoms with Crippen LogP contribution in [-0.4, -0.2) is 43.0 Å². The van der Waals surface area contributed by atoms with Crippen molar-refractivity contribution in [3.63, 3.8) is 0 Å². The summed E-state index contributed by atoms with van der Waals surface area (Å²) in [5.41, 5.74) is -0.692. The molecule has 0 saturated heterocycles. The Morgan fingerprint density at radius 1 is 1.20 bits per heavy atom. The summed E-state index contributed by atoms with van der Waals surface area (Å²) in [7, 11) is 0. The molecule has 20 heavy (non-hydrogen) atoms. The third kappa shape index (κ3) is 6.09. The molecule has 2 amide bonds. The molecule has 2 rings (SSSR count). The van der Waals surface area contributed by atoms with Gasteiger partial charge in [0.05, 0.1) is 5.60 Å². The van der Waals surface area contributed by atoms with Gasteiger partial charge in [0.15, 0.2) is 0 Å². The summed E-state index contributed by atoms with van der Waals surface area (Å²) in [6.07, 6.45) is 8.34. The lowest BCUT2D eigenvalue weighted by molar-refractivity contribution is 0.00718. The zero-order valence-electron chi connectivity index (χ0n) is 12.3. The average molecular weight is 284 g/mol. The monoisotopic (exact) mass is 284 g/mol. The highest BCUT2D eigenvalue weighted by Gasteiger charge is 2.29. The van der Waals surface area contributed by atoms with Crippen molar-refractivity contribution < 1.29 is 14.6 Å². The molecule has 0 bridgehead atoms. The summed E-state index contributed by atoms with van der Waals surface area (Å²) in [6, 6.07) is -0.189. The molecule has 0 radical (unpaired) electrons. The molecule has 2 fully saturated rings. The summed E-state index contributed by atoms with van der Waals surface area (Å²) in [5.74, 6) is 0.794. The van der Waals surface area contributed by atoms with E-state index in [0.29, 0.717) is 19.7 Å². The minimum Gasteiger partial charge on any atom is -0.388 e. The van der Waals surface area contributed by atoms with Crippen LogP contribution in [0.5, 0.6) is 0 Å². The number of amides is 2. The normalized spacial score (nSPS) is 21.4. The Labute approximate surface area is 121 Å². The van der Waals surface area contributed by atoms with Gasteiger partial charge in [0.1, 0.15) is 0 Å². The molecule has 2 aliphatic rings. The maximum atomic E-state index is 11.6. The Morgan fingerprint density at radius 3 is 2.65 bits per heavy atom. The van der Waals surface area contributed by atoms with E-state index in [0.717, 1.165) is 44.6 Å². The van der Waals surface area contributed by atoms with Crippen molar-refractivity contribution in [3.8, 4) is 0 Å². The number of carbonyl (C=O) groups is 1. The van der Waals surface area contributed by atoms with Gasteiger partial charge in [-0.1, -0.05) is 19.3 Å². The average Bonchev–Trinajstić information content (AvgIpc) is 3.25. The first kappa shape index (κ1) is 15.6. The van der Waals surface area contributed by atoms with Crippen LogP contribution in [0.2, 0.25) is 0 Å². The highest BCUT2D eigenvalue weighted by atomic mass is 16.5. The number of urea groups is 1. The molecular formula is C15H28N2O3. The van der Waals surface area contributed by atoms with Crippen molar-refractivity contribution in [3.05, 3.63) is 0 Å². The SMILES string of the molecule is O=C(NCCCOCC1CC1)NCC1(O)CCCCC1. The van der Waals surface area contributed by atoms with Crippen molar-refractivity contribution >= 4 is 6.03 Å². The second kappa shape index (κ2) is 7.84. The summed E-state index contributed by atoms with van der Waals surface area (Å²) in [6.45, 7) is 2.56. The molecule has 0 atom stereocenters. The molecule has 5 heteroatoms. The second-order valence-corrected chi connectivity index (χ2v) is 6.27. The Balaban J connectivity index is 1.44. The highest BCUT2D eigenvalue weighted by molar-refractivity contribution is 5.73. The van der Waals surface area contributed by atoms with Gasteiger partial charge in [-0.05, 0) is 38.0 Å². The van der Waals surface area contributed by atoms with Gasteiger partial charge in [-0.25, -0.2) is 4.79 Å². The fourth-order valence-electron chi connectivity index (χ4n) is 2.60. The molecule has 2 aliphatic carbocycles. The van der Waals surface area contributed by atoms with Gasteiger partial charge in [0.25, 0.3) is 0 Å². The minimum atomic E-state index is -0.692. The maximum Gasteiger partial charge on any atom is 0.314 e. The molecule has 0 aromatic rings. The summed E-state index contributed by atoms with van der Waals surface area (Å²) in [4.78, 5) is 11.6. The zero-order valence-corrected chi connectivity index (χ0v) is 12.3. The Hall–Kier alpha value is -0.810. The van der Waals surface area contributed by atoms with E-state index < -0.39 is 5.60 Å². The molecule has 0 aliphatic heterocycles. The number of ether oxygens (including phenoxy) is 1. The molecule has 0 spiro atoms. The van der Waals surface area contributed by atoms with Gasteiger partial charge >= 0.3 is 6.03 Å². The standard InChI is InChI=1S/C15H28N2O3/c18-14(16-9-4-10-20-11-13-5-6-13)17-12-15(19)7-2-1-3-8-15/h13,19H,1-12H2,(H2,16,17,18). The lowest BCUT2D eigenvalue weighted by Gasteiger charge is -2.32. The van der Waals surface area contributed by atoms with Crippen LogP contribution in [0.4, 0.5) is 4.79 Å². The van der Waals surface area contributed by atoms with Gasteiger partial charge in [-0.3, -0.25) is 0 Å². The largest absolute Gasteiger partial charge is 0.388 e. The molecule has 3 N–H and O–H groups in total. The predicted molar refractivity (Wildman–Crippen MR) is 77.6 cm³/mol. The van der Waals surface area contributed by atoms with Crippen LogP contribution in [0, 0.1) is 5.92 Å². The molecule has 0 aromatic heterocycles. The fourth-order valence-corrected chi connectivity index (χ4v) is 2.60. The highest BCUT2D eigenvalue weighted by Crippen LogP contribution is 2.28. The summed E-state index contributed by atoms with van der Waals surface area (Å²) < 4.78 is 5.50. The van der Waals surface area contributed by atoms with Gasteiger partial charge < -0.3 is 20.5 Å². The van der Waals surface area contributed by atoms with E-state index in [1.165, 1.54) is 19.3 Å². The lowest BCUT2D eigenvalue weighted by Crippen LogP contribution is -2.47. The first-order chi connectivity index (χ1) is 9.68. The fraction of sp³-hybridized carbons (Fsp3) is 0.933. The quantitative estimate of drug-likeness (QED) is 0.595. The lowest BCUT2D eigenvalue weighted by atomic mass is 9.85. The molecule has 116 valence electrons. The topological polar surface area (TPSA) is 70.6 Å². The molecule has 2 saturated carbocycles. The number of rotatable bonds is 8. The van der Waals surface area contributed by atoms with Crippen LogP contribution in [0.3, 0.4) is 0 Å². The van der Waals surface area contributed by atoms with Crippen molar-refractivity contribution in [2.24, 2.45) is 5.92 Å². The molecule has 0 unspecified atom stereocenters. The first-order valence-electron chi connectivity index (χ1n) is 8.00. The van der Waals surface area contributed by atoms with E-state index in [1.807, 2.05) is 0 Å². The first-order valence-corrected chi connectivity index (χ1v) is 8.00. The van der Waals surface area contributed by atoms with Gasteiger partial charge in [0, 0.05) is 26.3 Å². The second-order valence-electron chi connectivity index (χ2n) is 6.27. The smallest absolute Gasteiger partial charge is 0.314 e. The Bertz CT molecular complexity index is 299. The molecule has 0 heterocycles. The van der Waals surface area contributed by atoms with Crippen molar-refractivity contribution in [1.82, 2.24) is 10.6 Å². The zero-order chi connectivity index (χ0) is 14.3. The van der Waals surface area contributed by atoms with Crippen LogP contribution in [0.15, 0.2) is 0 Å². The van der Waals surface area contributed by atoms with Gasteiger partial charge in [-0.15, -0.1) is 0 Å². The Kier molecular flexibility index (Phi) is 6.10. The third-order valence-electron chi connectivity index (χ3n) is 4.16. The molecule has 5 nitrogen and oxygen atoms in total. The van der Waals surface area contributed by atoms with Gasteiger partial charge in [0.2, 0.25) is 0 Å². The van der Waals surface area contributed by atoms with E-state index >= 15 is 0 Å². The van der Waals surface area contributed by atoms with E-state index in [1.54, 1.807) is 0 Å². The minimum absolute atomic E-state index is 0.189.